The van der Waals surface area contributed by atoms with Gasteiger partial charge in [0.25, 0.3) is 0 Å². The summed E-state index contributed by atoms with van der Waals surface area (Å²) >= 11 is 17.9. The maximum absolute atomic E-state index is 12.1. The van der Waals surface area contributed by atoms with Crippen LogP contribution in [-0.2, 0) is 0 Å². The molecule has 2 aromatic carbocycles. The van der Waals surface area contributed by atoms with Crippen LogP contribution in [0.4, 0.5) is 16.2 Å². The molecule has 0 aliphatic carbocycles. The molecule has 5 nitrogen and oxygen atoms in total. The molecule has 0 aromatic heterocycles. The number of para-hydroxylation sites is 1. The van der Waals surface area contributed by atoms with Crippen molar-refractivity contribution in [1.29, 1.82) is 0 Å². The molecule has 134 valence electrons. The van der Waals surface area contributed by atoms with Gasteiger partial charge in [-0.1, -0.05) is 53.0 Å². The molecule has 0 unspecified atom stereocenters. The molecule has 0 saturated heterocycles. The van der Waals surface area contributed by atoms with Gasteiger partial charge in [-0.2, -0.15) is 0 Å². The van der Waals surface area contributed by atoms with Crippen LogP contribution in [0.5, 0.6) is 5.75 Å². The molecule has 2 aromatic rings. The highest BCUT2D eigenvalue weighted by molar-refractivity contribution is 6.68. The molecule has 2 rings (SSSR count). The van der Waals surface area contributed by atoms with E-state index in [1.54, 1.807) is 48.5 Å². The molecule has 2 amide bonds. The van der Waals surface area contributed by atoms with Crippen LogP contribution in [0.15, 0.2) is 54.6 Å². The van der Waals surface area contributed by atoms with Crippen molar-refractivity contribution in [3.05, 3.63) is 54.6 Å². The lowest BCUT2D eigenvalue weighted by Crippen LogP contribution is -2.50. The van der Waals surface area contributed by atoms with Crippen molar-refractivity contribution >= 4 is 52.2 Å². The average molecular weight is 403 g/mol. The third kappa shape index (κ3) is 6.53. The van der Waals surface area contributed by atoms with E-state index in [1.165, 1.54) is 0 Å². The highest BCUT2D eigenvalue weighted by Crippen LogP contribution is 2.31. The van der Waals surface area contributed by atoms with Crippen molar-refractivity contribution in [2.75, 3.05) is 17.2 Å². The minimum Gasteiger partial charge on any atom is -0.494 e. The Balaban J connectivity index is 2.02. The van der Waals surface area contributed by atoms with Crippen molar-refractivity contribution < 1.29 is 9.53 Å². The molecule has 0 aliphatic rings. The first-order valence-electron chi connectivity index (χ1n) is 7.57. The summed E-state index contributed by atoms with van der Waals surface area (Å²) in [6.45, 7) is 2.48. The first-order valence-corrected chi connectivity index (χ1v) is 8.70. The van der Waals surface area contributed by atoms with Crippen LogP contribution in [0.1, 0.15) is 6.92 Å². The lowest BCUT2D eigenvalue weighted by Gasteiger charge is -2.27. The van der Waals surface area contributed by atoms with E-state index in [-0.39, 0.29) is 0 Å². The fourth-order valence-electron chi connectivity index (χ4n) is 2.00. The van der Waals surface area contributed by atoms with Gasteiger partial charge in [0.1, 0.15) is 11.9 Å². The van der Waals surface area contributed by atoms with E-state index in [0.29, 0.717) is 18.0 Å². The second-order valence-corrected chi connectivity index (χ2v) is 7.41. The smallest absolute Gasteiger partial charge is 0.320 e. The number of anilines is 2. The topological polar surface area (TPSA) is 62.4 Å². The highest BCUT2D eigenvalue weighted by Gasteiger charge is 2.34. The van der Waals surface area contributed by atoms with E-state index in [1.807, 2.05) is 13.0 Å². The number of amides is 2. The van der Waals surface area contributed by atoms with Crippen LogP contribution < -0.4 is 20.7 Å². The van der Waals surface area contributed by atoms with E-state index in [0.717, 1.165) is 5.75 Å². The van der Waals surface area contributed by atoms with Crippen LogP contribution in [0, 0.1) is 0 Å². The van der Waals surface area contributed by atoms with Crippen molar-refractivity contribution in [2.45, 2.75) is 16.9 Å². The Morgan fingerprint density at radius 1 is 1.04 bits per heavy atom. The number of halogens is 3. The zero-order valence-corrected chi connectivity index (χ0v) is 15.7. The fraction of sp³-hybridized carbons (Fsp3) is 0.235. The molecular formula is C17H18Cl3N3O2. The number of ether oxygens (including phenoxy) is 1. The SMILES string of the molecule is CCOc1ccc(N[C@@H](NC(=O)Nc2ccccc2)C(Cl)(Cl)Cl)cc1. The molecule has 0 bridgehead atoms. The standard InChI is InChI=1S/C17H18Cl3N3O2/c1-2-25-14-10-8-13(9-11-14)21-15(17(18,19)20)23-16(24)22-12-6-4-3-5-7-12/h3-11,15,21H,2H2,1H3,(H2,22,23,24)/t15-/m0/s1. The Morgan fingerprint density at radius 2 is 1.68 bits per heavy atom. The van der Waals surface area contributed by atoms with Crippen molar-refractivity contribution in [3.63, 3.8) is 0 Å². The predicted molar refractivity (Wildman–Crippen MR) is 104 cm³/mol. The summed E-state index contributed by atoms with van der Waals surface area (Å²) in [5, 5.41) is 8.26. The molecule has 0 radical (unpaired) electrons. The number of hydrogen-bond acceptors (Lipinski definition) is 3. The van der Waals surface area contributed by atoms with Crippen LogP contribution in [-0.4, -0.2) is 22.6 Å². The van der Waals surface area contributed by atoms with Gasteiger partial charge in [0.2, 0.25) is 3.79 Å². The van der Waals surface area contributed by atoms with Gasteiger partial charge in [0, 0.05) is 11.4 Å². The first kappa shape index (κ1) is 19.5. The van der Waals surface area contributed by atoms with Gasteiger partial charge in [-0.25, -0.2) is 4.79 Å². The summed E-state index contributed by atoms with van der Waals surface area (Å²) < 4.78 is 3.62. The third-order valence-electron chi connectivity index (χ3n) is 3.11. The Bertz CT molecular complexity index is 676. The number of alkyl halides is 3. The van der Waals surface area contributed by atoms with Crippen molar-refractivity contribution in [3.8, 4) is 5.75 Å². The van der Waals surface area contributed by atoms with Crippen LogP contribution in [0.3, 0.4) is 0 Å². The largest absolute Gasteiger partial charge is 0.494 e. The zero-order valence-electron chi connectivity index (χ0n) is 13.4. The number of hydrogen-bond donors (Lipinski definition) is 3. The Labute approximate surface area is 161 Å². The molecule has 3 N–H and O–H groups in total. The predicted octanol–water partition coefficient (Wildman–Crippen LogP) is 5.02. The van der Waals surface area contributed by atoms with Crippen molar-refractivity contribution in [2.24, 2.45) is 0 Å². The number of benzene rings is 2. The second kappa shape index (κ2) is 9.04. The van der Waals surface area contributed by atoms with E-state index in [4.69, 9.17) is 39.5 Å². The molecule has 0 heterocycles. The number of rotatable bonds is 6. The monoisotopic (exact) mass is 401 g/mol. The zero-order chi connectivity index (χ0) is 18.3. The average Bonchev–Trinajstić information content (AvgIpc) is 2.56. The quantitative estimate of drug-likeness (QED) is 0.470. The first-order chi connectivity index (χ1) is 11.9. The van der Waals surface area contributed by atoms with Gasteiger partial charge < -0.3 is 20.7 Å². The van der Waals surface area contributed by atoms with Gasteiger partial charge in [0.15, 0.2) is 0 Å². The highest BCUT2D eigenvalue weighted by atomic mass is 35.6. The number of urea groups is 1. The van der Waals surface area contributed by atoms with Crippen LogP contribution >= 0.6 is 34.8 Å². The Morgan fingerprint density at radius 3 is 2.24 bits per heavy atom. The van der Waals surface area contributed by atoms with Gasteiger partial charge in [0.05, 0.1) is 6.61 Å². The minimum atomic E-state index is -1.76. The lowest BCUT2D eigenvalue weighted by molar-refractivity contribution is 0.249. The second-order valence-electron chi connectivity index (χ2n) is 5.04. The third-order valence-corrected chi connectivity index (χ3v) is 3.77. The van der Waals surface area contributed by atoms with E-state index < -0.39 is 16.0 Å². The summed E-state index contributed by atoms with van der Waals surface area (Å²) in [4.78, 5) is 12.1. The van der Waals surface area contributed by atoms with E-state index in [9.17, 15) is 4.79 Å². The van der Waals surface area contributed by atoms with E-state index >= 15 is 0 Å². The molecule has 0 saturated carbocycles. The summed E-state index contributed by atoms with van der Waals surface area (Å²) in [5.41, 5.74) is 1.30. The number of nitrogens with one attached hydrogen (secondary N) is 3. The fourth-order valence-corrected chi connectivity index (χ4v) is 2.33. The van der Waals surface area contributed by atoms with Crippen molar-refractivity contribution in [1.82, 2.24) is 5.32 Å². The maximum Gasteiger partial charge on any atom is 0.320 e. The van der Waals surface area contributed by atoms with Crippen LogP contribution in [0.25, 0.3) is 0 Å². The summed E-state index contributed by atoms with van der Waals surface area (Å²) in [5.74, 6) is 0.730. The van der Waals surface area contributed by atoms with Gasteiger partial charge in [-0.05, 0) is 43.3 Å². The molecule has 1 atom stereocenters. The summed E-state index contributed by atoms with van der Waals surface area (Å²) in [6, 6.07) is 15.6. The Hall–Kier alpha value is -1.82. The van der Waals surface area contributed by atoms with Gasteiger partial charge in [-0.15, -0.1) is 0 Å². The molecule has 0 aliphatic heterocycles. The molecule has 0 fully saturated rings. The number of carbonyl (C=O) groups is 1. The molecule has 25 heavy (non-hydrogen) atoms. The molecule has 8 heteroatoms. The minimum absolute atomic E-state index is 0.499. The summed E-state index contributed by atoms with van der Waals surface area (Å²) in [6.07, 6.45) is -0.945. The maximum atomic E-state index is 12.1. The summed E-state index contributed by atoms with van der Waals surface area (Å²) in [7, 11) is 0. The van der Waals surface area contributed by atoms with E-state index in [2.05, 4.69) is 16.0 Å². The molecular weight excluding hydrogens is 385 g/mol. The number of carbonyl (C=O) groups excluding carboxylic acids is 1. The van der Waals surface area contributed by atoms with Gasteiger partial charge >= 0.3 is 6.03 Å². The molecule has 0 spiro atoms. The Kier molecular flexibility index (Phi) is 7.05. The van der Waals surface area contributed by atoms with Gasteiger partial charge in [-0.3, -0.25) is 0 Å². The van der Waals surface area contributed by atoms with Crippen LogP contribution in [0.2, 0.25) is 0 Å². The lowest BCUT2D eigenvalue weighted by atomic mass is 10.3. The normalized spacial score (nSPS) is 12.2.